The second-order valence-corrected chi connectivity index (χ2v) is 9.47. The number of aryl methyl sites for hydroxylation is 1. The standard InChI is InChI=1S/C23H28N2O3S/c1-13-5-3-7-18(14(13)2)25-23(28)15-9-10-17-20(11-15)24-19-8-4-6-16(19)22(17)29-12-21(26)27/h9-11,13-14,18H,3-8,12H2,1-2H3,(H,25,28)(H,26,27)/t13-,14+,18+/m1/s1. The van der Waals surface area contributed by atoms with Crippen molar-refractivity contribution in [3.8, 4) is 0 Å². The minimum Gasteiger partial charge on any atom is -0.481 e. The largest absolute Gasteiger partial charge is 0.481 e. The van der Waals surface area contributed by atoms with Gasteiger partial charge in [-0.2, -0.15) is 0 Å². The van der Waals surface area contributed by atoms with Crippen LogP contribution < -0.4 is 5.32 Å². The first-order chi connectivity index (χ1) is 13.9. The number of hydrogen-bond donors (Lipinski definition) is 2. The second kappa shape index (κ2) is 8.34. The number of nitrogens with zero attached hydrogens (tertiary/aromatic N) is 1. The fourth-order valence-corrected chi connectivity index (χ4v) is 5.69. The minimum absolute atomic E-state index is 0.0333. The fourth-order valence-electron chi connectivity index (χ4n) is 4.70. The average molecular weight is 413 g/mol. The van der Waals surface area contributed by atoms with Gasteiger partial charge in [0.1, 0.15) is 0 Å². The van der Waals surface area contributed by atoms with Crippen LogP contribution in [-0.2, 0) is 17.6 Å². The zero-order chi connectivity index (χ0) is 20.5. The molecule has 1 amide bonds. The molecule has 2 aliphatic rings. The highest BCUT2D eigenvalue weighted by molar-refractivity contribution is 8.00. The number of rotatable bonds is 5. The summed E-state index contributed by atoms with van der Waals surface area (Å²) in [6, 6.07) is 5.87. The summed E-state index contributed by atoms with van der Waals surface area (Å²) in [5.41, 5.74) is 3.66. The van der Waals surface area contributed by atoms with Crippen LogP contribution in [0.25, 0.3) is 10.9 Å². The van der Waals surface area contributed by atoms with E-state index in [4.69, 9.17) is 10.1 Å². The molecule has 0 saturated heterocycles. The SMILES string of the molecule is C[C@H]1[C@H](C)CCC[C@@H]1NC(=O)c1ccc2c(SCC(=O)O)c3c(nc2c1)CCC3. The van der Waals surface area contributed by atoms with Crippen LogP contribution in [0.4, 0.5) is 0 Å². The summed E-state index contributed by atoms with van der Waals surface area (Å²) in [7, 11) is 0. The molecule has 0 bridgehead atoms. The van der Waals surface area contributed by atoms with E-state index in [2.05, 4.69) is 19.2 Å². The number of amides is 1. The summed E-state index contributed by atoms with van der Waals surface area (Å²) in [6.07, 6.45) is 6.33. The van der Waals surface area contributed by atoms with Crippen LogP contribution in [0.3, 0.4) is 0 Å². The molecule has 1 heterocycles. The molecule has 0 unspecified atom stereocenters. The van der Waals surface area contributed by atoms with Gasteiger partial charge in [-0.25, -0.2) is 0 Å². The summed E-state index contributed by atoms with van der Waals surface area (Å²) < 4.78 is 0. The van der Waals surface area contributed by atoms with Crippen molar-refractivity contribution in [3.05, 3.63) is 35.0 Å². The van der Waals surface area contributed by atoms with Crippen LogP contribution in [0.1, 0.15) is 61.1 Å². The summed E-state index contributed by atoms with van der Waals surface area (Å²) in [5, 5.41) is 13.3. The third-order valence-corrected chi connectivity index (χ3v) is 7.73. The van der Waals surface area contributed by atoms with E-state index in [-0.39, 0.29) is 17.7 Å². The van der Waals surface area contributed by atoms with E-state index in [1.165, 1.54) is 23.7 Å². The number of thioether (sulfide) groups is 1. The van der Waals surface area contributed by atoms with Crippen LogP contribution in [0.5, 0.6) is 0 Å². The molecule has 4 rings (SSSR count). The highest BCUT2D eigenvalue weighted by Gasteiger charge is 2.28. The molecule has 1 fully saturated rings. The molecular formula is C23H28N2O3S. The molecule has 29 heavy (non-hydrogen) atoms. The number of carbonyl (C=O) groups excluding carboxylic acids is 1. The summed E-state index contributed by atoms with van der Waals surface area (Å²) in [5.74, 6) is 0.279. The molecule has 0 radical (unpaired) electrons. The normalized spacial score (nSPS) is 23.7. The molecule has 1 aromatic carbocycles. The van der Waals surface area contributed by atoms with Crippen molar-refractivity contribution in [2.75, 3.05) is 5.75 Å². The smallest absolute Gasteiger partial charge is 0.313 e. The van der Waals surface area contributed by atoms with Gasteiger partial charge in [0.05, 0.1) is 11.3 Å². The van der Waals surface area contributed by atoms with Gasteiger partial charge in [0.15, 0.2) is 0 Å². The predicted molar refractivity (Wildman–Crippen MR) is 116 cm³/mol. The molecule has 2 N–H and O–H groups in total. The van der Waals surface area contributed by atoms with E-state index in [0.29, 0.717) is 17.4 Å². The van der Waals surface area contributed by atoms with Crippen molar-refractivity contribution in [2.45, 2.75) is 63.3 Å². The third kappa shape index (κ3) is 4.13. The van der Waals surface area contributed by atoms with Gasteiger partial charge in [0.2, 0.25) is 0 Å². The van der Waals surface area contributed by atoms with Crippen molar-refractivity contribution >= 4 is 34.5 Å². The number of nitrogens with one attached hydrogen (secondary N) is 1. The molecule has 2 aromatic rings. The van der Waals surface area contributed by atoms with Crippen molar-refractivity contribution in [3.63, 3.8) is 0 Å². The molecule has 0 aliphatic heterocycles. The van der Waals surface area contributed by atoms with Crippen LogP contribution in [0.2, 0.25) is 0 Å². The zero-order valence-corrected chi connectivity index (χ0v) is 17.8. The minimum atomic E-state index is -0.821. The molecular weight excluding hydrogens is 384 g/mol. The number of carboxylic acids is 1. The van der Waals surface area contributed by atoms with Crippen LogP contribution in [0, 0.1) is 11.8 Å². The highest BCUT2D eigenvalue weighted by Crippen LogP contribution is 2.37. The molecule has 3 atom stereocenters. The summed E-state index contributed by atoms with van der Waals surface area (Å²) in [6.45, 7) is 4.49. The molecule has 1 aromatic heterocycles. The maximum Gasteiger partial charge on any atom is 0.313 e. The van der Waals surface area contributed by atoms with E-state index < -0.39 is 5.97 Å². The van der Waals surface area contributed by atoms with Gasteiger partial charge >= 0.3 is 5.97 Å². The average Bonchev–Trinajstić information content (AvgIpc) is 3.16. The maximum absolute atomic E-state index is 12.9. The molecule has 154 valence electrons. The Morgan fingerprint density at radius 3 is 2.83 bits per heavy atom. The van der Waals surface area contributed by atoms with Crippen LogP contribution in [0.15, 0.2) is 23.1 Å². The molecule has 2 aliphatic carbocycles. The van der Waals surface area contributed by atoms with Gasteiger partial charge in [-0.1, -0.05) is 32.8 Å². The fraction of sp³-hybridized carbons (Fsp3) is 0.522. The Hall–Kier alpha value is -2.08. The second-order valence-electron chi connectivity index (χ2n) is 8.48. The van der Waals surface area contributed by atoms with Gasteiger partial charge in [-0.3, -0.25) is 14.6 Å². The zero-order valence-electron chi connectivity index (χ0n) is 17.0. The number of benzene rings is 1. The first-order valence-electron chi connectivity index (χ1n) is 10.5. The Balaban J connectivity index is 1.63. The predicted octanol–water partition coefficient (Wildman–Crippen LogP) is 4.45. The van der Waals surface area contributed by atoms with Crippen molar-refractivity contribution < 1.29 is 14.7 Å². The maximum atomic E-state index is 12.9. The number of hydrogen-bond acceptors (Lipinski definition) is 4. The van der Waals surface area contributed by atoms with Gasteiger partial charge < -0.3 is 10.4 Å². The van der Waals surface area contributed by atoms with E-state index in [1.807, 2.05) is 18.2 Å². The lowest BCUT2D eigenvalue weighted by atomic mass is 9.78. The monoisotopic (exact) mass is 412 g/mol. The van der Waals surface area contributed by atoms with Crippen molar-refractivity contribution in [1.82, 2.24) is 10.3 Å². The van der Waals surface area contributed by atoms with Gasteiger partial charge in [0, 0.05) is 27.6 Å². The van der Waals surface area contributed by atoms with E-state index >= 15 is 0 Å². The van der Waals surface area contributed by atoms with E-state index in [0.717, 1.165) is 53.6 Å². The lowest BCUT2D eigenvalue weighted by Crippen LogP contribution is -2.43. The Bertz CT molecular complexity index is 959. The molecule has 5 nitrogen and oxygen atoms in total. The van der Waals surface area contributed by atoms with Gasteiger partial charge in [-0.15, -0.1) is 11.8 Å². The number of aliphatic carboxylic acids is 1. The Morgan fingerprint density at radius 2 is 2.03 bits per heavy atom. The van der Waals surface area contributed by atoms with Gasteiger partial charge in [0.25, 0.3) is 5.91 Å². The first-order valence-corrected chi connectivity index (χ1v) is 11.5. The third-order valence-electron chi connectivity index (χ3n) is 6.59. The van der Waals surface area contributed by atoms with Crippen molar-refractivity contribution in [1.29, 1.82) is 0 Å². The van der Waals surface area contributed by atoms with Gasteiger partial charge in [-0.05, 0) is 55.2 Å². The summed E-state index contributed by atoms with van der Waals surface area (Å²) >= 11 is 1.37. The molecule has 1 saturated carbocycles. The number of fused-ring (bicyclic) bond motifs is 2. The quantitative estimate of drug-likeness (QED) is 0.709. The van der Waals surface area contributed by atoms with E-state index in [9.17, 15) is 9.59 Å². The Kier molecular flexibility index (Phi) is 5.81. The topological polar surface area (TPSA) is 79.3 Å². The Morgan fingerprint density at radius 1 is 1.21 bits per heavy atom. The van der Waals surface area contributed by atoms with Crippen LogP contribution in [-0.4, -0.2) is 33.8 Å². The number of carboxylic acid groups (broad SMARTS) is 1. The summed E-state index contributed by atoms with van der Waals surface area (Å²) in [4.78, 5) is 29.9. The highest BCUT2D eigenvalue weighted by atomic mass is 32.2. The lowest BCUT2D eigenvalue weighted by Gasteiger charge is -2.34. The molecule has 0 spiro atoms. The number of carbonyl (C=O) groups is 2. The van der Waals surface area contributed by atoms with Crippen LogP contribution >= 0.6 is 11.8 Å². The number of aromatic nitrogens is 1. The lowest BCUT2D eigenvalue weighted by molar-refractivity contribution is -0.133. The number of pyridine rings is 1. The molecule has 6 heteroatoms. The first kappa shape index (κ1) is 20.2. The van der Waals surface area contributed by atoms with E-state index in [1.54, 1.807) is 0 Å². The van der Waals surface area contributed by atoms with Crippen molar-refractivity contribution in [2.24, 2.45) is 11.8 Å². The Labute approximate surface area is 175 Å².